The van der Waals surface area contributed by atoms with Crippen molar-refractivity contribution in [3.63, 3.8) is 0 Å². The van der Waals surface area contributed by atoms with E-state index in [0.717, 1.165) is 10.1 Å². The maximum absolute atomic E-state index is 12.3. The van der Waals surface area contributed by atoms with Crippen molar-refractivity contribution in [2.24, 2.45) is 0 Å². The van der Waals surface area contributed by atoms with Crippen molar-refractivity contribution in [3.05, 3.63) is 58.4 Å². The van der Waals surface area contributed by atoms with Gasteiger partial charge in [0.2, 0.25) is 0 Å². The molecule has 0 aliphatic heterocycles. The number of halogens is 2. The lowest BCUT2D eigenvalue weighted by atomic mass is 10.2. The number of benzene rings is 2. The number of hydrogen-bond donors (Lipinski definition) is 2. The van der Waals surface area contributed by atoms with E-state index >= 15 is 0 Å². The van der Waals surface area contributed by atoms with E-state index in [9.17, 15) is 4.79 Å². The van der Waals surface area contributed by atoms with E-state index in [2.05, 4.69) is 5.32 Å². The highest BCUT2D eigenvalue weighted by Gasteiger charge is 2.16. The number of thiophene rings is 1. The van der Waals surface area contributed by atoms with Crippen molar-refractivity contribution in [3.8, 4) is 0 Å². The lowest BCUT2D eigenvalue weighted by Crippen LogP contribution is -2.10. The number of carbonyl (C=O) groups excluding carboxylic acids is 1. The van der Waals surface area contributed by atoms with Crippen molar-refractivity contribution in [1.82, 2.24) is 0 Å². The Morgan fingerprint density at radius 1 is 1.10 bits per heavy atom. The SMILES string of the molecule is Cl.Nc1ccc(NC(=O)c2sc3ccccc3c2Cl)cc1. The first-order chi connectivity index (χ1) is 9.65. The highest BCUT2D eigenvalue weighted by atomic mass is 35.5. The van der Waals surface area contributed by atoms with Crippen molar-refractivity contribution in [2.45, 2.75) is 0 Å². The molecule has 0 radical (unpaired) electrons. The van der Waals surface area contributed by atoms with Crippen LogP contribution in [-0.2, 0) is 0 Å². The third kappa shape index (κ3) is 3.13. The van der Waals surface area contributed by atoms with Gasteiger partial charge in [0.1, 0.15) is 4.88 Å². The Bertz CT molecular complexity index is 784. The van der Waals surface area contributed by atoms with Gasteiger partial charge in [-0.05, 0) is 30.3 Å². The van der Waals surface area contributed by atoms with E-state index in [-0.39, 0.29) is 18.3 Å². The minimum absolute atomic E-state index is 0. The summed E-state index contributed by atoms with van der Waals surface area (Å²) in [7, 11) is 0. The normalized spacial score (nSPS) is 10.1. The second-order valence-corrected chi connectivity index (χ2v) is 5.75. The van der Waals surface area contributed by atoms with Crippen LogP contribution < -0.4 is 11.1 Å². The summed E-state index contributed by atoms with van der Waals surface area (Å²) in [5.41, 5.74) is 6.96. The van der Waals surface area contributed by atoms with Crippen LogP contribution in [-0.4, -0.2) is 5.91 Å². The molecule has 0 aliphatic rings. The van der Waals surface area contributed by atoms with Crippen LogP contribution in [0.4, 0.5) is 11.4 Å². The van der Waals surface area contributed by atoms with Gasteiger partial charge in [-0.1, -0.05) is 29.8 Å². The van der Waals surface area contributed by atoms with Crippen LogP contribution in [0.5, 0.6) is 0 Å². The molecule has 0 saturated heterocycles. The Morgan fingerprint density at radius 2 is 1.76 bits per heavy atom. The zero-order valence-corrected chi connectivity index (χ0v) is 13.2. The van der Waals surface area contributed by atoms with E-state index in [1.807, 2.05) is 24.3 Å². The summed E-state index contributed by atoms with van der Waals surface area (Å²) in [6, 6.07) is 14.7. The fraction of sp³-hybridized carbons (Fsp3) is 0. The maximum atomic E-state index is 12.3. The van der Waals surface area contributed by atoms with Gasteiger partial charge in [-0.25, -0.2) is 0 Å². The molecule has 0 fully saturated rings. The number of nitrogen functional groups attached to an aromatic ring is 1. The smallest absolute Gasteiger partial charge is 0.267 e. The highest BCUT2D eigenvalue weighted by molar-refractivity contribution is 7.21. The molecular formula is C15H12Cl2N2OS. The monoisotopic (exact) mass is 338 g/mol. The molecule has 0 bridgehead atoms. The van der Waals surface area contributed by atoms with Crippen molar-refractivity contribution >= 4 is 62.7 Å². The Kier molecular flexibility index (Phi) is 4.73. The first-order valence-electron chi connectivity index (χ1n) is 5.99. The van der Waals surface area contributed by atoms with E-state index < -0.39 is 0 Å². The van der Waals surface area contributed by atoms with Gasteiger partial charge in [-0.3, -0.25) is 4.79 Å². The minimum Gasteiger partial charge on any atom is -0.399 e. The molecule has 3 aromatic rings. The number of hydrogen-bond acceptors (Lipinski definition) is 3. The van der Waals surface area contributed by atoms with Gasteiger partial charge in [-0.2, -0.15) is 0 Å². The first kappa shape index (κ1) is 15.6. The summed E-state index contributed by atoms with van der Waals surface area (Å²) in [6.07, 6.45) is 0. The van der Waals surface area contributed by atoms with Crippen molar-refractivity contribution in [2.75, 3.05) is 11.1 Å². The fourth-order valence-corrected chi connectivity index (χ4v) is 3.33. The third-order valence-corrected chi connectivity index (χ3v) is 4.58. The molecular weight excluding hydrogens is 327 g/mol. The molecule has 21 heavy (non-hydrogen) atoms. The van der Waals surface area contributed by atoms with Gasteiger partial charge < -0.3 is 11.1 Å². The summed E-state index contributed by atoms with van der Waals surface area (Å²) in [4.78, 5) is 12.8. The molecule has 3 N–H and O–H groups in total. The number of carbonyl (C=O) groups is 1. The zero-order chi connectivity index (χ0) is 14.1. The van der Waals surface area contributed by atoms with Crippen LogP contribution in [0.2, 0.25) is 5.02 Å². The summed E-state index contributed by atoms with van der Waals surface area (Å²) in [5, 5.41) is 4.22. The Labute approximate surface area is 137 Å². The Balaban J connectivity index is 0.00000161. The van der Waals surface area contributed by atoms with Crippen LogP contribution >= 0.6 is 35.3 Å². The minimum atomic E-state index is -0.207. The van der Waals surface area contributed by atoms with Gasteiger partial charge in [0, 0.05) is 21.5 Å². The van der Waals surface area contributed by atoms with Gasteiger partial charge in [0.05, 0.1) is 5.02 Å². The number of nitrogens with one attached hydrogen (secondary N) is 1. The molecule has 1 heterocycles. The molecule has 3 rings (SSSR count). The van der Waals surface area contributed by atoms with Crippen LogP contribution in [0.1, 0.15) is 9.67 Å². The summed E-state index contributed by atoms with van der Waals surface area (Å²) >= 11 is 7.66. The highest BCUT2D eigenvalue weighted by Crippen LogP contribution is 2.35. The van der Waals surface area contributed by atoms with Crippen molar-refractivity contribution < 1.29 is 4.79 Å². The fourth-order valence-electron chi connectivity index (χ4n) is 1.91. The second-order valence-electron chi connectivity index (χ2n) is 4.32. The quantitative estimate of drug-likeness (QED) is 0.658. The van der Waals surface area contributed by atoms with Gasteiger partial charge in [0.25, 0.3) is 5.91 Å². The summed E-state index contributed by atoms with van der Waals surface area (Å²) < 4.78 is 1.000. The van der Waals surface area contributed by atoms with Crippen LogP contribution in [0.25, 0.3) is 10.1 Å². The standard InChI is InChI=1S/C15H11ClN2OS.ClH/c16-13-11-3-1-2-4-12(11)20-14(13)15(19)18-10-7-5-9(17)6-8-10;/h1-8H,17H2,(H,18,19);1H. The van der Waals surface area contributed by atoms with E-state index in [1.165, 1.54) is 11.3 Å². The molecule has 3 nitrogen and oxygen atoms in total. The molecule has 0 aliphatic carbocycles. The molecule has 2 aromatic carbocycles. The lowest BCUT2D eigenvalue weighted by Gasteiger charge is -2.04. The van der Waals surface area contributed by atoms with Crippen molar-refractivity contribution in [1.29, 1.82) is 0 Å². The molecule has 108 valence electrons. The van der Waals surface area contributed by atoms with Crippen LogP contribution in [0.3, 0.4) is 0 Å². The largest absolute Gasteiger partial charge is 0.399 e. The Morgan fingerprint density at radius 3 is 2.43 bits per heavy atom. The van der Waals surface area contributed by atoms with Gasteiger partial charge in [0.15, 0.2) is 0 Å². The van der Waals surface area contributed by atoms with Crippen LogP contribution in [0, 0.1) is 0 Å². The van der Waals surface area contributed by atoms with Crippen LogP contribution in [0.15, 0.2) is 48.5 Å². The third-order valence-electron chi connectivity index (χ3n) is 2.91. The predicted molar refractivity (Wildman–Crippen MR) is 92.9 cm³/mol. The maximum Gasteiger partial charge on any atom is 0.267 e. The molecule has 1 aromatic heterocycles. The number of fused-ring (bicyclic) bond motifs is 1. The first-order valence-corrected chi connectivity index (χ1v) is 7.18. The summed E-state index contributed by atoms with van der Waals surface area (Å²) in [6.45, 7) is 0. The second kappa shape index (κ2) is 6.35. The molecule has 0 saturated carbocycles. The number of amides is 1. The number of nitrogens with two attached hydrogens (primary N) is 1. The zero-order valence-electron chi connectivity index (χ0n) is 10.8. The average Bonchev–Trinajstić information content (AvgIpc) is 2.79. The van der Waals surface area contributed by atoms with Gasteiger partial charge in [-0.15, -0.1) is 23.7 Å². The van der Waals surface area contributed by atoms with E-state index in [4.69, 9.17) is 17.3 Å². The lowest BCUT2D eigenvalue weighted by molar-refractivity contribution is 0.103. The average molecular weight is 339 g/mol. The predicted octanol–water partition coefficient (Wildman–Crippen LogP) is 4.81. The van der Waals surface area contributed by atoms with E-state index in [1.54, 1.807) is 24.3 Å². The Hall–Kier alpha value is -1.75. The topological polar surface area (TPSA) is 55.1 Å². The van der Waals surface area contributed by atoms with E-state index in [0.29, 0.717) is 21.3 Å². The molecule has 0 spiro atoms. The summed E-state index contributed by atoms with van der Waals surface area (Å²) in [5.74, 6) is -0.207. The molecule has 0 unspecified atom stereocenters. The molecule has 0 atom stereocenters. The molecule has 6 heteroatoms. The molecule has 1 amide bonds. The number of rotatable bonds is 2. The number of anilines is 2. The van der Waals surface area contributed by atoms with Gasteiger partial charge >= 0.3 is 0 Å².